The Bertz CT molecular complexity index is 424. The van der Waals surface area contributed by atoms with E-state index in [9.17, 15) is 9.90 Å². The van der Waals surface area contributed by atoms with Gasteiger partial charge in [-0.25, -0.2) is 4.79 Å². The average Bonchev–Trinajstić information content (AvgIpc) is 2.59. The third-order valence-electron chi connectivity index (χ3n) is 4.41. The van der Waals surface area contributed by atoms with E-state index in [1.54, 1.807) is 0 Å². The number of aliphatic hydroxyl groups excluding tert-OH is 2. The van der Waals surface area contributed by atoms with Crippen LogP contribution < -0.4 is 0 Å². The molecular formula is C15H22O4. The summed E-state index contributed by atoms with van der Waals surface area (Å²) in [5.74, 6) is -0.718. The van der Waals surface area contributed by atoms with Gasteiger partial charge in [0.05, 0.1) is 12.0 Å². The highest BCUT2D eigenvalue weighted by atomic mass is 16.6. The molecule has 1 aliphatic heterocycles. The number of aliphatic hydroxyl groups is 2. The van der Waals surface area contributed by atoms with Gasteiger partial charge in [-0.1, -0.05) is 24.6 Å². The smallest absolute Gasteiger partial charge is 0.334 e. The lowest BCUT2D eigenvalue weighted by atomic mass is 9.82. The summed E-state index contributed by atoms with van der Waals surface area (Å²) in [6.45, 7) is 7.90. The van der Waals surface area contributed by atoms with E-state index in [4.69, 9.17) is 9.84 Å². The third-order valence-corrected chi connectivity index (χ3v) is 4.41. The predicted octanol–water partition coefficient (Wildman–Crippen LogP) is 1.57. The van der Waals surface area contributed by atoms with Gasteiger partial charge in [0.15, 0.2) is 0 Å². The van der Waals surface area contributed by atoms with Crippen molar-refractivity contribution in [3.05, 3.63) is 23.3 Å². The Hall–Kier alpha value is -1.13. The van der Waals surface area contributed by atoms with Gasteiger partial charge in [0, 0.05) is 24.5 Å². The fourth-order valence-corrected chi connectivity index (χ4v) is 3.29. The largest absolute Gasteiger partial charge is 0.458 e. The van der Waals surface area contributed by atoms with Crippen LogP contribution in [0.2, 0.25) is 0 Å². The Morgan fingerprint density at radius 3 is 2.79 bits per heavy atom. The molecular weight excluding hydrogens is 244 g/mol. The van der Waals surface area contributed by atoms with E-state index in [0.29, 0.717) is 18.4 Å². The topological polar surface area (TPSA) is 66.8 Å². The van der Waals surface area contributed by atoms with Crippen LogP contribution in [-0.2, 0) is 9.53 Å². The van der Waals surface area contributed by atoms with E-state index in [-0.39, 0.29) is 30.5 Å². The quantitative estimate of drug-likeness (QED) is 0.462. The van der Waals surface area contributed by atoms with E-state index >= 15 is 0 Å². The van der Waals surface area contributed by atoms with Crippen molar-refractivity contribution >= 4 is 5.97 Å². The molecule has 0 bridgehead atoms. The van der Waals surface area contributed by atoms with E-state index in [1.165, 1.54) is 5.57 Å². The van der Waals surface area contributed by atoms with Crippen molar-refractivity contribution in [3.63, 3.8) is 0 Å². The van der Waals surface area contributed by atoms with Gasteiger partial charge >= 0.3 is 5.97 Å². The summed E-state index contributed by atoms with van der Waals surface area (Å²) in [5, 5.41) is 19.5. The minimum Gasteiger partial charge on any atom is -0.458 e. The first kappa shape index (κ1) is 14.3. The van der Waals surface area contributed by atoms with Crippen molar-refractivity contribution in [2.24, 2.45) is 11.8 Å². The van der Waals surface area contributed by atoms with Gasteiger partial charge in [0.2, 0.25) is 0 Å². The van der Waals surface area contributed by atoms with Crippen molar-refractivity contribution in [2.45, 2.75) is 45.3 Å². The Morgan fingerprint density at radius 1 is 1.47 bits per heavy atom. The Morgan fingerprint density at radius 2 is 2.16 bits per heavy atom. The van der Waals surface area contributed by atoms with E-state index in [2.05, 4.69) is 6.58 Å². The van der Waals surface area contributed by atoms with Gasteiger partial charge in [0.1, 0.15) is 6.10 Å². The van der Waals surface area contributed by atoms with Gasteiger partial charge in [0.25, 0.3) is 0 Å². The number of rotatable bonds is 3. The highest BCUT2D eigenvalue weighted by Gasteiger charge is 2.46. The second kappa shape index (κ2) is 5.47. The van der Waals surface area contributed by atoms with E-state index in [0.717, 1.165) is 12.0 Å². The minimum absolute atomic E-state index is 0.0344. The van der Waals surface area contributed by atoms with Gasteiger partial charge in [-0.2, -0.15) is 0 Å². The second-order valence-electron chi connectivity index (χ2n) is 5.61. The fraction of sp³-hybridized carbons (Fsp3) is 0.667. The van der Waals surface area contributed by atoms with Crippen LogP contribution in [0.4, 0.5) is 0 Å². The SMILES string of the molecule is C=C1C(=O)O[C@H]2CC(C)=C(CCCO)[C@@H](C)[C@@H](O)[C@H]12. The van der Waals surface area contributed by atoms with Crippen LogP contribution in [0.1, 0.15) is 33.1 Å². The van der Waals surface area contributed by atoms with Crippen LogP contribution in [0, 0.1) is 11.8 Å². The van der Waals surface area contributed by atoms with Crippen LogP contribution >= 0.6 is 0 Å². The van der Waals surface area contributed by atoms with Crippen LogP contribution in [0.5, 0.6) is 0 Å². The van der Waals surface area contributed by atoms with Gasteiger partial charge < -0.3 is 14.9 Å². The molecule has 19 heavy (non-hydrogen) atoms. The first-order chi connectivity index (χ1) is 8.97. The monoisotopic (exact) mass is 266 g/mol. The highest BCUT2D eigenvalue weighted by Crippen LogP contribution is 2.42. The number of esters is 1. The summed E-state index contributed by atoms with van der Waals surface area (Å²) in [5.41, 5.74) is 2.73. The lowest BCUT2D eigenvalue weighted by Gasteiger charge is -2.25. The van der Waals surface area contributed by atoms with Crippen LogP contribution in [-0.4, -0.2) is 35.0 Å². The molecule has 0 spiro atoms. The number of carbonyl (C=O) groups excluding carboxylic acids is 1. The molecule has 4 atom stereocenters. The van der Waals surface area contributed by atoms with Crippen molar-refractivity contribution in [1.29, 1.82) is 0 Å². The van der Waals surface area contributed by atoms with Gasteiger partial charge in [-0.05, 0) is 19.8 Å². The van der Waals surface area contributed by atoms with Crippen LogP contribution in [0.15, 0.2) is 23.3 Å². The molecule has 1 aliphatic carbocycles. The minimum atomic E-state index is -0.643. The summed E-state index contributed by atoms with van der Waals surface area (Å²) in [6, 6.07) is 0. The third kappa shape index (κ3) is 2.47. The maximum atomic E-state index is 11.6. The zero-order valence-corrected chi connectivity index (χ0v) is 11.6. The molecule has 0 aromatic heterocycles. The summed E-state index contributed by atoms with van der Waals surface area (Å²) in [4.78, 5) is 11.6. The zero-order chi connectivity index (χ0) is 14.2. The lowest BCUT2D eigenvalue weighted by Crippen LogP contribution is -2.32. The molecule has 0 unspecified atom stereocenters. The summed E-state index contributed by atoms with van der Waals surface area (Å²) in [7, 11) is 0. The number of hydrogen-bond donors (Lipinski definition) is 2. The standard InChI is InChI=1S/C15H22O4/c1-8-7-12-13(10(3)15(18)19-12)14(17)9(2)11(8)5-4-6-16/h9,12-14,16-17H,3-7H2,1-2H3/t9-,12+,13-,14-/m1/s1. The Balaban J connectivity index is 2.29. The van der Waals surface area contributed by atoms with Gasteiger partial charge in [-0.3, -0.25) is 0 Å². The first-order valence-electron chi connectivity index (χ1n) is 6.84. The molecule has 2 aliphatic rings. The Kier molecular flexibility index (Phi) is 4.11. The molecule has 1 fully saturated rings. The molecule has 0 saturated carbocycles. The first-order valence-corrected chi connectivity index (χ1v) is 6.84. The summed E-state index contributed by atoms with van der Waals surface area (Å²) >= 11 is 0. The van der Waals surface area contributed by atoms with Gasteiger partial charge in [-0.15, -0.1) is 0 Å². The van der Waals surface area contributed by atoms with Crippen molar-refractivity contribution in [1.82, 2.24) is 0 Å². The molecule has 4 nitrogen and oxygen atoms in total. The molecule has 1 saturated heterocycles. The Labute approximate surface area is 113 Å². The molecule has 106 valence electrons. The second-order valence-corrected chi connectivity index (χ2v) is 5.61. The maximum Gasteiger partial charge on any atom is 0.334 e. The van der Waals surface area contributed by atoms with Crippen molar-refractivity contribution in [3.8, 4) is 0 Å². The average molecular weight is 266 g/mol. The summed E-state index contributed by atoms with van der Waals surface area (Å²) < 4.78 is 5.32. The van der Waals surface area contributed by atoms with Crippen LogP contribution in [0.25, 0.3) is 0 Å². The fourth-order valence-electron chi connectivity index (χ4n) is 3.29. The number of hydrogen-bond acceptors (Lipinski definition) is 4. The normalized spacial score (nSPS) is 35.2. The zero-order valence-electron chi connectivity index (χ0n) is 11.6. The molecule has 0 aromatic rings. The molecule has 0 amide bonds. The van der Waals surface area contributed by atoms with Crippen molar-refractivity contribution < 1.29 is 19.7 Å². The molecule has 2 rings (SSSR count). The van der Waals surface area contributed by atoms with Crippen molar-refractivity contribution in [2.75, 3.05) is 6.61 Å². The number of fused-ring (bicyclic) bond motifs is 1. The number of ether oxygens (including phenoxy) is 1. The molecule has 0 radical (unpaired) electrons. The maximum absolute atomic E-state index is 11.6. The van der Waals surface area contributed by atoms with Crippen LogP contribution in [0.3, 0.4) is 0 Å². The van der Waals surface area contributed by atoms with E-state index in [1.807, 2.05) is 13.8 Å². The lowest BCUT2D eigenvalue weighted by molar-refractivity contribution is -0.139. The number of carbonyl (C=O) groups is 1. The molecule has 1 heterocycles. The predicted molar refractivity (Wildman–Crippen MR) is 71.3 cm³/mol. The molecule has 2 N–H and O–H groups in total. The molecule has 4 heteroatoms. The summed E-state index contributed by atoms with van der Waals surface area (Å²) in [6.07, 6.45) is 1.19. The molecule has 0 aromatic carbocycles. The van der Waals surface area contributed by atoms with E-state index < -0.39 is 6.10 Å². The highest BCUT2D eigenvalue weighted by molar-refractivity contribution is 5.91.